The second-order valence-corrected chi connectivity index (χ2v) is 4.52. The molecule has 17 heavy (non-hydrogen) atoms. The van der Waals surface area contributed by atoms with Gasteiger partial charge in [-0.2, -0.15) is 0 Å². The lowest BCUT2D eigenvalue weighted by atomic mass is 10.0. The lowest BCUT2D eigenvalue weighted by molar-refractivity contribution is 0.0966. The molecule has 2 heteroatoms. The lowest BCUT2D eigenvalue weighted by Gasteiger charge is -2.00. The van der Waals surface area contributed by atoms with Crippen LogP contribution in [0.5, 0.6) is 0 Å². The van der Waals surface area contributed by atoms with Crippen LogP contribution in [0.15, 0.2) is 42.5 Å². The van der Waals surface area contributed by atoms with Gasteiger partial charge in [-0.15, -0.1) is 0 Å². The van der Waals surface area contributed by atoms with Crippen LogP contribution < -0.4 is 5.32 Å². The van der Waals surface area contributed by atoms with Gasteiger partial charge in [0.25, 0.3) is 5.91 Å². The van der Waals surface area contributed by atoms with E-state index in [1.807, 2.05) is 30.3 Å². The highest BCUT2D eigenvalue weighted by molar-refractivity contribution is 5.97. The Labute approximate surface area is 102 Å². The smallest absolute Gasteiger partial charge is 0.251 e. The molecule has 0 saturated carbocycles. The van der Waals surface area contributed by atoms with Crippen LogP contribution in [0.3, 0.4) is 0 Å². The minimum absolute atomic E-state index is 0.0185. The molecule has 2 rings (SSSR count). The fourth-order valence-electron chi connectivity index (χ4n) is 1.88. The van der Waals surface area contributed by atoms with E-state index in [2.05, 4.69) is 31.3 Å². The van der Waals surface area contributed by atoms with E-state index in [9.17, 15) is 4.79 Å². The molecule has 0 atom stereocenters. The number of hydrogen-bond acceptors (Lipinski definition) is 1. The summed E-state index contributed by atoms with van der Waals surface area (Å²) in [6, 6.07) is 14.0. The molecule has 0 spiro atoms. The Bertz CT molecular complexity index is 490. The molecule has 0 fully saturated rings. The largest absolute Gasteiger partial charge is 0.348 e. The SMILES string of the molecule is CC(C)c1ccccc2c(ccc1)C(=O)NC2. The normalized spacial score (nSPS) is 13.0. The van der Waals surface area contributed by atoms with Gasteiger partial charge < -0.3 is 5.32 Å². The van der Waals surface area contributed by atoms with Gasteiger partial charge in [0.05, 0.1) is 0 Å². The fraction of sp³-hybridized carbons (Fsp3) is 0.267. The third-order valence-corrected chi connectivity index (χ3v) is 2.95. The van der Waals surface area contributed by atoms with Crippen molar-refractivity contribution in [2.24, 2.45) is 0 Å². The van der Waals surface area contributed by atoms with Gasteiger partial charge >= 0.3 is 0 Å². The molecular formula is C15H17NO. The van der Waals surface area contributed by atoms with E-state index in [0.29, 0.717) is 12.5 Å². The number of rotatable bonds is 1. The Morgan fingerprint density at radius 2 is 1.76 bits per heavy atom. The van der Waals surface area contributed by atoms with Gasteiger partial charge in [0.15, 0.2) is 0 Å². The van der Waals surface area contributed by atoms with Gasteiger partial charge in [-0.3, -0.25) is 4.79 Å². The third kappa shape index (κ3) is 2.64. The first kappa shape index (κ1) is 11.6. The summed E-state index contributed by atoms with van der Waals surface area (Å²) in [7, 11) is 0. The Morgan fingerprint density at radius 3 is 2.53 bits per heavy atom. The molecule has 0 radical (unpaired) electrons. The molecule has 1 N–H and O–H groups in total. The van der Waals surface area contributed by atoms with Crippen LogP contribution in [0.2, 0.25) is 0 Å². The molecule has 1 aromatic carbocycles. The summed E-state index contributed by atoms with van der Waals surface area (Å²) in [6.45, 7) is 4.95. The van der Waals surface area contributed by atoms with Crippen molar-refractivity contribution in [1.82, 2.24) is 5.32 Å². The van der Waals surface area contributed by atoms with Gasteiger partial charge in [0, 0.05) is 12.1 Å². The Hall–Kier alpha value is -1.83. The molecule has 2 nitrogen and oxygen atoms in total. The molecule has 88 valence electrons. The van der Waals surface area contributed by atoms with Crippen molar-refractivity contribution >= 4 is 5.91 Å². The summed E-state index contributed by atoms with van der Waals surface area (Å²) >= 11 is 0. The van der Waals surface area contributed by atoms with Crippen molar-refractivity contribution < 1.29 is 4.79 Å². The molecule has 0 bridgehead atoms. The van der Waals surface area contributed by atoms with Crippen LogP contribution in [0.4, 0.5) is 0 Å². The Kier molecular flexibility index (Phi) is 3.43. The standard InChI is InChI=1S/C15H17NO/c1-11(2)12-6-3-4-7-13-10-16-15(17)14(13)9-5-8-12/h3-9,11H,10H2,1-2H3,(H,16,17). The van der Waals surface area contributed by atoms with Crippen molar-refractivity contribution in [1.29, 1.82) is 0 Å². The maximum atomic E-state index is 11.6. The maximum Gasteiger partial charge on any atom is 0.251 e. The number of nitrogens with one attached hydrogen (secondary N) is 1. The molecule has 0 aliphatic carbocycles. The van der Waals surface area contributed by atoms with Gasteiger partial charge in [-0.1, -0.05) is 50.2 Å². The van der Waals surface area contributed by atoms with Crippen molar-refractivity contribution in [3.8, 4) is 0 Å². The summed E-state index contributed by atoms with van der Waals surface area (Å²) in [5, 5.41) is 2.83. The number of fused-ring (bicyclic) bond motifs is 1. The second-order valence-electron chi connectivity index (χ2n) is 4.52. The third-order valence-electron chi connectivity index (χ3n) is 2.95. The fourth-order valence-corrected chi connectivity index (χ4v) is 1.88. The number of hydrogen-bond donors (Lipinski definition) is 1. The topological polar surface area (TPSA) is 29.1 Å². The lowest BCUT2D eigenvalue weighted by Crippen LogP contribution is -2.12. The summed E-state index contributed by atoms with van der Waals surface area (Å²) < 4.78 is 0. The summed E-state index contributed by atoms with van der Waals surface area (Å²) in [5.74, 6) is 0.500. The average Bonchev–Trinajstić information content (AvgIpc) is 2.65. The highest BCUT2D eigenvalue weighted by Gasteiger charge is 2.15. The molecule has 1 aliphatic rings. The van der Waals surface area contributed by atoms with Crippen molar-refractivity contribution in [3.05, 3.63) is 59.2 Å². The van der Waals surface area contributed by atoms with Crippen molar-refractivity contribution in [2.75, 3.05) is 0 Å². The van der Waals surface area contributed by atoms with Crippen LogP contribution in [-0.2, 0) is 6.54 Å². The van der Waals surface area contributed by atoms with Gasteiger partial charge in [0.1, 0.15) is 0 Å². The van der Waals surface area contributed by atoms with Gasteiger partial charge in [0.2, 0.25) is 0 Å². The van der Waals surface area contributed by atoms with Crippen LogP contribution in [0, 0.1) is 0 Å². The highest BCUT2D eigenvalue weighted by atomic mass is 16.1. The van der Waals surface area contributed by atoms with Crippen LogP contribution in [0.1, 0.15) is 41.3 Å². The molecule has 0 saturated heterocycles. The summed E-state index contributed by atoms with van der Waals surface area (Å²) in [6.07, 6.45) is 0. The van der Waals surface area contributed by atoms with E-state index >= 15 is 0 Å². The van der Waals surface area contributed by atoms with E-state index in [1.165, 1.54) is 5.56 Å². The molecule has 0 unspecified atom stereocenters. The monoisotopic (exact) mass is 227 g/mol. The van der Waals surface area contributed by atoms with Gasteiger partial charge in [-0.25, -0.2) is 0 Å². The minimum Gasteiger partial charge on any atom is -0.348 e. The first-order valence-electron chi connectivity index (χ1n) is 5.93. The van der Waals surface area contributed by atoms with Crippen molar-refractivity contribution in [3.63, 3.8) is 0 Å². The van der Waals surface area contributed by atoms with E-state index in [1.54, 1.807) is 0 Å². The maximum absolute atomic E-state index is 11.6. The molecule has 1 aliphatic heterocycles. The summed E-state index contributed by atoms with van der Waals surface area (Å²) in [5.41, 5.74) is 3.08. The number of carbonyl (C=O) groups is 1. The highest BCUT2D eigenvalue weighted by Crippen LogP contribution is 2.14. The molecule has 1 heterocycles. The Morgan fingerprint density at radius 1 is 1.06 bits per heavy atom. The van der Waals surface area contributed by atoms with Gasteiger partial charge in [-0.05, 0) is 23.1 Å². The van der Waals surface area contributed by atoms with E-state index in [-0.39, 0.29) is 5.91 Å². The van der Waals surface area contributed by atoms with E-state index < -0.39 is 0 Å². The minimum atomic E-state index is 0.0185. The zero-order valence-corrected chi connectivity index (χ0v) is 10.2. The van der Waals surface area contributed by atoms with E-state index in [4.69, 9.17) is 0 Å². The predicted octanol–water partition coefficient (Wildman–Crippen LogP) is 3.18. The zero-order valence-electron chi connectivity index (χ0n) is 10.2. The second kappa shape index (κ2) is 5.00. The molecule has 1 amide bonds. The quantitative estimate of drug-likeness (QED) is 0.784. The molecule has 1 aromatic rings. The number of carbonyl (C=O) groups excluding carboxylic acids is 1. The molecule has 0 aromatic heterocycles. The average molecular weight is 227 g/mol. The zero-order chi connectivity index (χ0) is 12.3. The Balaban J connectivity index is 2.55. The summed E-state index contributed by atoms with van der Waals surface area (Å²) in [4.78, 5) is 11.6. The first-order valence-corrected chi connectivity index (χ1v) is 5.93. The van der Waals surface area contributed by atoms with Crippen LogP contribution in [0.25, 0.3) is 0 Å². The van der Waals surface area contributed by atoms with E-state index in [0.717, 1.165) is 11.1 Å². The van der Waals surface area contributed by atoms with Crippen LogP contribution in [-0.4, -0.2) is 5.91 Å². The first-order chi connectivity index (χ1) is 8.18. The number of amides is 1. The van der Waals surface area contributed by atoms with Crippen LogP contribution >= 0.6 is 0 Å². The predicted molar refractivity (Wildman–Crippen MR) is 69.3 cm³/mol. The van der Waals surface area contributed by atoms with Crippen molar-refractivity contribution in [2.45, 2.75) is 26.3 Å². The molecular weight excluding hydrogens is 210 g/mol.